The highest BCUT2D eigenvalue weighted by atomic mass is 32.2. The molecule has 4 aromatic rings. The van der Waals surface area contributed by atoms with Gasteiger partial charge in [-0.1, -0.05) is 12.1 Å². The molecule has 0 aliphatic heterocycles. The van der Waals surface area contributed by atoms with Crippen LogP contribution in [-0.4, -0.2) is 23.4 Å². The average Bonchev–Trinajstić information content (AvgIpc) is 2.71. The van der Waals surface area contributed by atoms with Crippen LogP contribution < -0.4 is 15.8 Å². The molecule has 0 aliphatic carbocycles. The zero-order valence-electron chi connectivity index (χ0n) is 16.7. The number of primary sulfonamides is 1. The Hall–Kier alpha value is -3.63. The Morgan fingerprint density at radius 2 is 1.68 bits per heavy atom. The van der Waals surface area contributed by atoms with Crippen LogP contribution in [0.3, 0.4) is 0 Å². The normalized spacial score (nSPS) is 11.5. The summed E-state index contributed by atoms with van der Waals surface area (Å²) in [5.74, 6) is -0.580. The van der Waals surface area contributed by atoms with Crippen molar-refractivity contribution in [3.05, 3.63) is 71.8 Å². The molecule has 0 atom stereocenters. The summed E-state index contributed by atoms with van der Waals surface area (Å²) in [6, 6.07) is 13.9. The van der Waals surface area contributed by atoms with E-state index in [1.54, 1.807) is 25.1 Å². The Morgan fingerprint density at radius 3 is 2.45 bits per heavy atom. The first-order chi connectivity index (χ1) is 14.7. The molecule has 2 aromatic heterocycles. The number of hydrogen-bond acceptors (Lipinski definition) is 7. The maximum absolute atomic E-state index is 14.3. The van der Waals surface area contributed by atoms with Gasteiger partial charge in [0.2, 0.25) is 16.0 Å². The lowest BCUT2D eigenvalue weighted by Gasteiger charge is -2.11. The standard InChI is InChI=1S/C21H19FN6O2S/c1-12-3-6-16(10-19(12)31(23,29)30)27-21-24-11-17(22)20(28-21)26-15-7-8-18-14(9-15)5-4-13(2)25-18/h3-11H,1-2H3,(H2,23,29,30)(H2,24,26,27,28). The second-order valence-corrected chi connectivity index (χ2v) is 8.56. The number of nitrogens with zero attached hydrogens (tertiary/aromatic N) is 3. The molecule has 0 saturated carbocycles. The van der Waals surface area contributed by atoms with Crippen molar-refractivity contribution in [2.75, 3.05) is 10.6 Å². The fraction of sp³-hybridized carbons (Fsp3) is 0.0952. The van der Waals surface area contributed by atoms with Crippen LogP contribution in [0.5, 0.6) is 0 Å². The number of sulfonamides is 1. The third kappa shape index (κ3) is 4.60. The van der Waals surface area contributed by atoms with Crippen molar-refractivity contribution in [3.8, 4) is 0 Å². The third-order valence-electron chi connectivity index (χ3n) is 4.59. The molecule has 4 rings (SSSR count). The molecule has 10 heteroatoms. The number of aryl methyl sites for hydroxylation is 2. The highest BCUT2D eigenvalue weighted by molar-refractivity contribution is 7.89. The fourth-order valence-electron chi connectivity index (χ4n) is 3.07. The SMILES string of the molecule is Cc1ccc2cc(Nc3nc(Nc4ccc(C)c(S(N)(=O)=O)c4)ncc3F)ccc2n1. The number of aromatic nitrogens is 3. The molecule has 0 unspecified atom stereocenters. The number of nitrogens with two attached hydrogens (primary N) is 1. The molecule has 4 N–H and O–H groups in total. The molecule has 0 aliphatic rings. The minimum atomic E-state index is -3.88. The van der Waals surface area contributed by atoms with Crippen LogP contribution in [0, 0.1) is 19.7 Å². The van der Waals surface area contributed by atoms with E-state index in [4.69, 9.17) is 5.14 Å². The van der Waals surface area contributed by atoms with Gasteiger partial charge in [0.1, 0.15) is 0 Å². The number of pyridine rings is 1. The van der Waals surface area contributed by atoms with E-state index in [2.05, 4.69) is 25.6 Å². The van der Waals surface area contributed by atoms with Gasteiger partial charge in [-0.15, -0.1) is 0 Å². The number of anilines is 4. The zero-order chi connectivity index (χ0) is 22.2. The number of fused-ring (bicyclic) bond motifs is 1. The van der Waals surface area contributed by atoms with Gasteiger partial charge in [0.05, 0.1) is 16.6 Å². The number of nitrogens with one attached hydrogen (secondary N) is 2. The summed E-state index contributed by atoms with van der Waals surface area (Å²) >= 11 is 0. The molecule has 0 bridgehead atoms. The molecule has 2 heterocycles. The lowest BCUT2D eigenvalue weighted by atomic mass is 10.2. The zero-order valence-corrected chi connectivity index (χ0v) is 17.5. The molecule has 0 saturated heterocycles. The summed E-state index contributed by atoms with van der Waals surface area (Å²) in [5.41, 5.74) is 3.29. The Balaban J connectivity index is 1.61. The summed E-state index contributed by atoms with van der Waals surface area (Å²) in [7, 11) is -3.88. The number of rotatable bonds is 5. The minimum absolute atomic E-state index is 0.0158. The minimum Gasteiger partial charge on any atom is -0.338 e. The molecule has 158 valence electrons. The van der Waals surface area contributed by atoms with Crippen molar-refractivity contribution < 1.29 is 12.8 Å². The topological polar surface area (TPSA) is 123 Å². The lowest BCUT2D eigenvalue weighted by molar-refractivity contribution is 0.597. The van der Waals surface area contributed by atoms with Gasteiger partial charge in [-0.3, -0.25) is 4.98 Å². The predicted molar refractivity (Wildman–Crippen MR) is 118 cm³/mol. The quantitative estimate of drug-likeness (QED) is 0.432. The van der Waals surface area contributed by atoms with Crippen molar-refractivity contribution in [1.29, 1.82) is 0 Å². The van der Waals surface area contributed by atoms with Gasteiger partial charge in [0, 0.05) is 22.5 Å². The first-order valence-corrected chi connectivity index (χ1v) is 10.8. The Labute approximate surface area is 178 Å². The molecule has 8 nitrogen and oxygen atoms in total. The molecule has 0 spiro atoms. The highest BCUT2D eigenvalue weighted by Gasteiger charge is 2.13. The number of hydrogen-bond donors (Lipinski definition) is 3. The van der Waals surface area contributed by atoms with Gasteiger partial charge >= 0.3 is 0 Å². The van der Waals surface area contributed by atoms with Crippen LogP contribution in [0.4, 0.5) is 27.5 Å². The Kier molecular flexibility index (Phi) is 5.25. The van der Waals surface area contributed by atoms with Crippen LogP contribution in [0.15, 0.2) is 59.6 Å². The van der Waals surface area contributed by atoms with Crippen LogP contribution in [-0.2, 0) is 10.0 Å². The molecule has 0 fully saturated rings. The molecular formula is C21H19FN6O2S. The smallest absolute Gasteiger partial charge is 0.238 e. The van der Waals surface area contributed by atoms with E-state index in [-0.39, 0.29) is 16.7 Å². The van der Waals surface area contributed by atoms with Gasteiger partial charge in [0.15, 0.2) is 11.6 Å². The monoisotopic (exact) mass is 438 g/mol. The average molecular weight is 438 g/mol. The van der Waals surface area contributed by atoms with E-state index in [1.807, 2.05) is 31.2 Å². The van der Waals surface area contributed by atoms with E-state index in [9.17, 15) is 12.8 Å². The summed E-state index contributed by atoms with van der Waals surface area (Å²) in [4.78, 5) is 12.5. The third-order valence-corrected chi connectivity index (χ3v) is 5.64. The molecule has 2 aromatic carbocycles. The maximum Gasteiger partial charge on any atom is 0.238 e. The van der Waals surface area contributed by atoms with Crippen LogP contribution >= 0.6 is 0 Å². The second-order valence-electron chi connectivity index (χ2n) is 7.03. The first-order valence-electron chi connectivity index (χ1n) is 9.26. The van der Waals surface area contributed by atoms with Gasteiger partial charge < -0.3 is 10.6 Å². The predicted octanol–water partition coefficient (Wildman–Crippen LogP) is 3.92. The van der Waals surface area contributed by atoms with E-state index in [0.29, 0.717) is 16.9 Å². The molecule has 0 radical (unpaired) electrons. The van der Waals surface area contributed by atoms with Crippen molar-refractivity contribution in [1.82, 2.24) is 15.0 Å². The van der Waals surface area contributed by atoms with Gasteiger partial charge in [-0.05, 0) is 55.8 Å². The van der Waals surface area contributed by atoms with Gasteiger partial charge in [-0.2, -0.15) is 4.98 Å². The van der Waals surface area contributed by atoms with E-state index >= 15 is 0 Å². The van der Waals surface area contributed by atoms with Crippen molar-refractivity contribution in [2.24, 2.45) is 5.14 Å². The summed E-state index contributed by atoms with van der Waals surface area (Å²) in [6.45, 7) is 3.55. The van der Waals surface area contributed by atoms with Crippen molar-refractivity contribution >= 4 is 44.1 Å². The van der Waals surface area contributed by atoms with E-state index < -0.39 is 15.8 Å². The van der Waals surface area contributed by atoms with E-state index in [1.165, 1.54) is 6.07 Å². The largest absolute Gasteiger partial charge is 0.338 e. The molecular weight excluding hydrogens is 419 g/mol. The highest BCUT2D eigenvalue weighted by Crippen LogP contribution is 2.25. The van der Waals surface area contributed by atoms with Crippen molar-refractivity contribution in [3.63, 3.8) is 0 Å². The summed E-state index contributed by atoms with van der Waals surface area (Å²) in [6.07, 6.45) is 1.03. The Morgan fingerprint density at radius 1 is 0.935 bits per heavy atom. The van der Waals surface area contributed by atoms with Crippen LogP contribution in [0.25, 0.3) is 10.9 Å². The lowest BCUT2D eigenvalue weighted by Crippen LogP contribution is -2.14. The van der Waals surface area contributed by atoms with Gasteiger partial charge in [-0.25, -0.2) is 22.9 Å². The van der Waals surface area contributed by atoms with Crippen LogP contribution in [0.2, 0.25) is 0 Å². The molecule has 0 amide bonds. The fourth-order valence-corrected chi connectivity index (χ4v) is 3.88. The summed E-state index contributed by atoms with van der Waals surface area (Å²) in [5, 5.41) is 12.0. The van der Waals surface area contributed by atoms with E-state index in [0.717, 1.165) is 22.8 Å². The second kappa shape index (κ2) is 7.89. The van der Waals surface area contributed by atoms with Crippen LogP contribution in [0.1, 0.15) is 11.3 Å². The maximum atomic E-state index is 14.3. The first kappa shape index (κ1) is 20.6. The summed E-state index contributed by atoms with van der Waals surface area (Å²) < 4.78 is 37.8. The number of halogens is 1. The van der Waals surface area contributed by atoms with Gasteiger partial charge in [0.25, 0.3) is 0 Å². The molecule has 31 heavy (non-hydrogen) atoms. The van der Waals surface area contributed by atoms with Crippen molar-refractivity contribution in [2.45, 2.75) is 18.7 Å². The number of benzene rings is 2. The Bertz CT molecular complexity index is 1410.